The first-order valence-electron chi connectivity index (χ1n) is 8.70. The van der Waals surface area contributed by atoms with Crippen LogP contribution in [0.4, 0.5) is 0 Å². The lowest BCUT2D eigenvalue weighted by Gasteiger charge is -2.07. The quantitative estimate of drug-likeness (QED) is 0.584. The smallest absolute Gasteiger partial charge is 0.0506 e. The minimum absolute atomic E-state index is 0.539. The van der Waals surface area contributed by atoms with Crippen LogP contribution in [-0.4, -0.2) is 23.2 Å². The van der Waals surface area contributed by atoms with Gasteiger partial charge in [-0.3, -0.25) is 4.21 Å². The van der Waals surface area contributed by atoms with E-state index in [4.69, 9.17) is 4.74 Å². The molecule has 0 saturated carbocycles. The molecule has 0 aliphatic heterocycles. The predicted octanol–water partition coefficient (Wildman–Crippen LogP) is 4.71. The SMILES string of the molecule is CC(C)c1ccc(CS(=O)CCCOCCc2ccccc2)cc1. The third kappa shape index (κ3) is 6.98. The third-order valence-electron chi connectivity index (χ3n) is 4.01. The fourth-order valence-corrected chi connectivity index (χ4v) is 3.66. The first-order valence-corrected chi connectivity index (χ1v) is 10.2. The molecule has 1 unspecified atom stereocenters. The van der Waals surface area contributed by atoms with E-state index in [1.54, 1.807) is 0 Å². The van der Waals surface area contributed by atoms with Crippen molar-refractivity contribution >= 4 is 10.8 Å². The average molecular weight is 345 g/mol. The van der Waals surface area contributed by atoms with Gasteiger partial charge in [-0.1, -0.05) is 68.4 Å². The Morgan fingerprint density at radius 3 is 2.29 bits per heavy atom. The van der Waals surface area contributed by atoms with Crippen LogP contribution in [0, 0.1) is 0 Å². The third-order valence-corrected chi connectivity index (χ3v) is 5.41. The molecule has 0 saturated heterocycles. The van der Waals surface area contributed by atoms with E-state index in [-0.39, 0.29) is 0 Å². The largest absolute Gasteiger partial charge is 0.381 e. The molecule has 0 aliphatic rings. The molecule has 0 heterocycles. The Hall–Kier alpha value is -1.45. The average Bonchev–Trinajstić information content (AvgIpc) is 2.59. The molecule has 24 heavy (non-hydrogen) atoms. The van der Waals surface area contributed by atoms with Crippen molar-refractivity contribution in [2.24, 2.45) is 0 Å². The van der Waals surface area contributed by atoms with E-state index in [1.165, 1.54) is 11.1 Å². The molecule has 0 aromatic heterocycles. The van der Waals surface area contributed by atoms with E-state index in [9.17, 15) is 4.21 Å². The summed E-state index contributed by atoms with van der Waals surface area (Å²) in [7, 11) is -0.810. The van der Waals surface area contributed by atoms with E-state index in [1.807, 2.05) is 18.2 Å². The molecule has 0 N–H and O–H groups in total. The van der Waals surface area contributed by atoms with Crippen LogP contribution >= 0.6 is 0 Å². The van der Waals surface area contributed by atoms with Gasteiger partial charge >= 0.3 is 0 Å². The lowest BCUT2D eigenvalue weighted by atomic mass is 10.0. The van der Waals surface area contributed by atoms with Gasteiger partial charge in [-0.2, -0.15) is 0 Å². The van der Waals surface area contributed by atoms with Crippen LogP contribution in [0.5, 0.6) is 0 Å². The second kappa shape index (κ2) is 10.4. The molecule has 130 valence electrons. The standard InChI is InChI=1S/C21H28O2S/c1-18(2)21-11-9-20(10-12-21)17-24(22)16-6-14-23-15-13-19-7-4-3-5-8-19/h3-5,7-12,18H,6,13-17H2,1-2H3. The van der Waals surface area contributed by atoms with E-state index in [0.29, 0.717) is 24.0 Å². The summed E-state index contributed by atoms with van der Waals surface area (Å²) in [5.41, 5.74) is 3.78. The van der Waals surface area contributed by atoms with Crippen molar-refractivity contribution in [3.8, 4) is 0 Å². The highest BCUT2D eigenvalue weighted by atomic mass is 32.2. The van der Waals surface area contributed by atoms with Crippen LogP contribution in [0.1, 0.15) is 42.9 Å². The Balaban J connectivity index is 1.58. The molecule has 0 fully saturated rings. The summed E-state index contributed by atoms with van der Waals surface area (Å²) < 4.78 is 17.8. The first kappa shape index (κ1) is 18.9. The summed E-state index contributed by atoms with van der Waals surface area (Å²) in [5.74, 6) is 1.89. The van der Waals surface area contributed by atoms with Crippen LogP contribution in [-0.2, 0) is 27.7 Å². The summed E-state index contributed by atoms with van der Waals surface area (Å²) in [5, 5.41) is 0. The van der Waals surface area contributed by atoms with E-state index < -0.39 is 10.8 Å². The molecule has 0 bridgehead atoms. The van der Waals surface area contributed by atoms with Gasteiger partial charge in [-0.25, -0.2) is 0 Å². The van der Waals surface area contributed by atoms with Gasteiger partial charge in [-0.05, 0) is 35.4 Å². The number of hydrogen-bond donors (Lipinski definition) is 0. The molecule has 2 rings (SSSR count). The van der Waals surface area contributed by atoms with Crippen molar-refractivity contribution in [1.29, 1.82) is 0 Å². The normalized spacial score (nSPS) is 12.5. The van der Waals surface area contributed by atoms with Gasteiger partial charge in [0, 0.05) is 28.9 Å². The number of rotatable bonds is 10. The summed E-state index contributed by atoms with van der Waals surface area (Å²) in [6, 6.07) is 18.8. The predicted molar refractivity (Wildman–Crippen MR) is 103 cm³/mol. The lowest BCUT2D eigenvalue weighted by molar-refractivity contribution is 0.138. The van der Waals surface area contributed by atoms with Crippen LogP contribution in [0.2, 0.25) is 0 Å². The molecule has 2 aromatic rings. The molecule has 0 aliphatic carbocycles. The number of benzene rings is 2. The van der Waals surface area contributed by atoms with E-state index in [0.717, 1.165) is 25.0 Å². The van der Waals surface area contributed by atoms with E-state index >= 15 is 0 Å². The topological polar surface area (TPSA) is 26.3 Å². The van der Waals surface area contributed by atoms with Crippen molar-refractivity contribution in [2.45, 2.75) is 38.4 Å². The van der Waals surface area contributed by atoms with Crippen LogP contribution in [0.3, 0.4) is 0 Å². The number of hydrogen-bond acceptors (Lipinski definition) is 2. The van der Waals surface area contributed by atoms with Gasteiger partial charge in [0.15, 0.2) is 0 Å². The van der Waals surface area contributed by atoms with Gasteiger partial charge in [0.25, 0.3) is 0 Å². The van der Waals surface area contributed by atoms with Crippen molar-refractivity contribution in [2.75, 3.05) is 19.0 Å². The van der Waals surface area contributed by atoms with Crippen LogP contribution < -0.4 is 0 Å². The summed E-state index contributed by atoms with van der Waals surface area (Å²) in [6.07, 6.45) is 1.79. The van der Waals surface area contributed by atoms with Crippen molar-refractivity contribution in [3.05, 3.63) is 71.3 Å². The molecule has 0 amide bonds. The molecular weight excluding hydrogens is 316 g/mol. The fourth-order valence-electron chi connectivity index (χ4n) is 2.52. The van der Waals surface area contributed by atoms with Crippen molar-refractivity contribution in [3.63, 3.8) is 0 Å². The first-order chi connectivity index (χ1) is 11.6. The minimum atomic E-state index is -0.810. The molecule has 0 spiro atoms. The Kier molecular flexibility index (Phi) is 8.20. The maximum atomic E-state index is 12.1. The molecular formula is C21H28O2S. The summed E-state index contributed by atoms with van der Waals surface area (Å²) in [6.45, 7) is 5.79. The maximum absolute atomic E-state index is 12.1. The maximum Gasteiger partial charge on any atom is 0.0506 e. The highest BCUT2D eigenvalue weighted by Gasteiger charge is 2.04. The fraction of sp³-hybridized carbons (Fsp3) is 0.429. The van der Waals surface area contributed by atoms with E-state index in [2.05, 4.69) is 50.2 Å². The monoisotopic (exact) mass is 344 g/mol. The van der Waals surface area contributed by atoms with Gasteiger partial charge in [0.2, 0.25) is 0 Å². The zero-order valence-corrected chi connectivity index (χ0v) is 15.6. The van der Waals surface area contributed by atoms with Gasteiger partial charge in [-0.15, -0.1) is 0 Å². The molecule has 1 atom stereocenters. The zero-order chi connectivity index (χ0) is 17.2. The molecule has 3 heteroatoms. The Labute approximate surface area is 148 Å². The zero-order valence-electron chi connectivity index (χ0n) is 14.7. The van der Waals surface area contributed by atoms with Gasteiger partial charge < -0.3 is 4.74 Å². The second-order valence-electron chi connectivity index (χ2n) is 6.39. The minimum Gasteiger partial charge on any atom is -0.381 e. The lowest BCUT2D eigenvalue weighted by Crippen LogP contribution is -2.06. The van der Waals surface area contributed by atoms with Crippen LogP contribution in [0.25, 0.3) is 0 Å². The molecule has 2 aromatic carbocycles. The van der Waals surface area contributed by atoms with Crippen molar-refractivity contribution < 1.29 is 8.95 Å². The highest BCUT2D eigenvalue weighted by molar-refractivity contribution is 7.84. The van der Waals surface area contributed by atoms with Crippen molar-refractivity contribution in [1.82, 2.24) is 0 Å². The summed E-state index contributed by atoms with van der Waals surface area (Å²) in [4.78, 5) is 0. The molecule has 0 radical (unpaired) electrons. The Morgan fingerprint density at radius 2 is 1.62 bits per heavy atom. The number of ether oxygens (including phenoxy) is 1. The molecule has 2 nitrogen and oxygen atoms in total. The van der Waals surface area contributed by atoms with Gasteiger partial charge in [0.1, 0.15) is 0 Å². The van der Waals surface area contributed by atoms with Crippen LogP contribution in [0.15, 0.2) is 54.6 Å². The second-order valence-corrected chi connectivity index (χ2v) is 7.96. The Morgan fingerprint density at radius 1 is 0.917 bits per heavy atom. The van der Waals surface area contributed by atoms with Gasteiger partial charge in [0.05, 0.1) is 6.61 Å². The summed E-state index contributed by atoms with van der Waals surface area (Å²) >= 11 is 0. The highest BCUT2D eigenvalue weighted by Crippen LogP contribution is 2.15. The Bertz CT molecular complexity index is 605.